The monoisotopic (exact) mass is 223 g/mol. The van der Waals surface area contributed by atoms with E-state index in [0.717, 1.165) is 24.1 Å². The first-order chi connectivity index (χ1) is 7.50. The van der Waals surface area contributed by atoms with Gasteiger partial charge in [-0.25, -0.2) is 4.39 Å². The molecule has 0 aliphatic rings. The highest BCUT2D eigenvalue weighted by Gasteiger charge is 2.07. The summed E-state index contributed by atoms with van der Waals surface area (Å²) in [5, 5.41) is 3.38. The van der Waals surface area contributed by atoms with Gasteiger partial charge < -0.3 is 5.32 Å². The second kappa shape index (κ2) is 6.00. The summed E-state index contributed by atoms with van der Waals surface area (Å²) < 4.78 is 13.4. The van der Waals surface area contributed by atoms with Crippen LogP contribution in [0.1, 0.15) is 44.2 Å². The standard InChI is InChI=1S/C14H22FN/c1-10(2)16-8-7-11(3)13-6-5-12(4)14(15)9-13/h5-6,9-11,16H,7-8H2,1-4H3. The van der Waals surface area contributed by atoms with Crippen LogP contribution in [0.2, 0.25) is 0 Å². The molecule has 0 saturated heterocycles. The minimum absolute atomic E-state index is 0.0961. The molecule has 2 heteroatoms. The van der Waals surface area contributed by atoms with E-state index in [1.54, 1.807) is 13.0 Å². The molecule has 0 bridgehead atoms. The molecule has 1 atom stereocenters. The van der Waals surface area contributed by atoms with Crippen molar-refractivity contribution < 1.29 is 4.39 Å². The molecule has 16 heavy (non-hydrogen) atoms. The first-order valence-corrected chi connectivity index (χ1v) is 6.00. The first kappa shape index (κ1) is 13.2. The summed E-state index contributed by atoms with van der Waals surface area (Å²) in [6.45, 7) is 9.19. The van der Waals surface area contributed by atoms with Gasteiger partial charge in [-0.3, -0.25) is 0 Å². The number of halogens is 1. The molecule has 0 saturated carbocycles. The number of rotatable bonds is 5. The zero-order valence-corrected chi connectivity index (χ0v) is 10.7. The molecule has 90 valence electrons. The topological polar surface area (TPSA) is 12.0 Å². The number of aryl methyl sites for hydroxylation is 1. The van der Waals surface area contributed by atoms with Gasteiger partial charge in [-0.1, -0.05) is 32.9 Å². The minimum atomic E-state index is -0.0961. The van der Waals surface area contributed by atoms with Gasteiger partial charge in [-0.2, -0.15) is 0 Å². The lowest BCUT2D eigenvalue weighted by atomic mass is 9.96. The number of benzene rings is 1. The van der Waals surface area contributed by atoms with Crippen molar-refractivity contribution in [2.75, 3.05) is 6.54 Å². The molecule has 0 aromatic heterocycles. The smallest absolute Gasteiger partial charge is 0.126 e. The van der Waals surface area contributed by atoms with Gasteiger partial charge in [-0.05, 0) is 43.0 Å². The molecule has 0 aliphatic carbocycles. The predicted octanol–water partition coefficient (Wildman–Crippen LogP) is 3.63. The Kier molecular flexibility index (Phi) is 4.94. The largest absolute Gasteiger partial charge is 0.315 e. The van der Waals surface area contributed by atoms with Crippen molar-refractivity contribution >= 4 is 0 Å². The third-order valence-electron chi connectivity index (χ3n) is 2.89. The average Bonchev–Trinajstić information content (AvgIpc) is 2.21. The highest BCUT2D eigenvalue weighted by atomic mass is 19.1. The van der Waals surface area contributed by atoms with Gasteiger partial charge in [0.1, 0.15) is 5.82 Å². The molecular weight excluding hydrogens is 201 g/mol. The van der Waals surface area contributed by atoms with E-state index in [1.807, 2.05) is 12.1 Å². The third-order valence-corrected chi connectivity index (χ3v) is 2.89. The van der Waals surface area contributed by atoms with Crippen molar-refractivity contribution in [1.29, 1.82) is 0 Å². The lowest BCUT2D eigenvalue weighted by Gasteiger charge is -2.14. The molecule has 1 unspecified atom stereocenters. The summed E-state index contributed by atoms with van der Waals surface area (Å²) in [5.41, 5.74) is 1.81. The lowest BCUT2D eigenvalue weighted by Crippen LogP contribution is -2.24. The van der Waals surface area contributed by atoms with Crippen molar-refractivity contribution in [3.05, 3.63) is 35.1 Å². The highest BCUT2D eigenvalue weighted by Crippen LogP contribution is 2.20. The fourth-order valence-electron chi connectivity index (χ4n) is 1.67. The summed E-state index contributed by atoms with van der Waals surface area (Å²) in [4.78, 5) is 0. The van der Waals surface area contributed by atoms with Crippen molar-refractivity contribution in [2.24, 2.45) is 0 Å². The Labute approximate surface area is 98.1 Å². The molecule has 1 rings (SSSR count). The minimum Gasteiger partial charge on any atom is -0.315 e. The van der Waals surface area contributed by atoms with E-state index in [9.17, 15) is 4.39 Å². The van der Waals surface area contributed by atoms with Gasteiger partial charge in [0.2, 0.25) is 0 Å². The summed E-state index contributed by atoms with van der Waals surface area (Å²) in [6.07, 6.45) is 1.04. The van der Waals surface area contributed by atoms with Gasteiger partial charge in [0.15, 0.2) is 0 Å². The van der Waals surface area contributed by atoms with Crippen LogP contribution in [0.3, 0.4) is 0 Å². The molecule has 1 aromatic carbocycles. The third kappa shape index (κ3) is 3.93. The Morgan fingerprint density at radius 3 is 2.50 bits per heavy atom. The normalized spacial score (nSPS) is 13.1. The van der Waals surface area contributed by atoms with E-state index in [0.29, 0.717) is 12.0 Å². The Hall–Kier alpha value is -0.890. The molecule has 1 N–H and O–H groups in total. The number of hydrogen-bond acceptors (Lipinski definition) is 1. The first-order valence-electron chi connectivity index (χ1n) is 6.00. The van der Waals surface area contributed by atoms with Crippen LogP contribution in [0, 0.1) is 12.7 Å². The van der Waals surface area contributed by atoms with E-state index in [-0.39, 0.29) is 5.82 Å². The van der Waals surface area contributed by atoms with E-state index >= 15 is 0 Å². The molecule has 1 aromatic rings. The lowest BCUT2D eigenvalue weighted by molar-refractivity contribution is 0.538. The highest BCUT2D eigenvalue weighted by molar-refractivity contribution is 5.25. The van der Waals surface area contributed by atoms with Crippen LogP contribution in [0.25, 0.3) is 0 Å². The van der Waals surface area contributed by atoms with Crippen molar-refractivity contribution in [2.45, 2.75) is 46.1 Å². The molecule has 0 aliphatic heterocycles. The van der Waals surface area contributed by atoms with Crippen LogP contribution in [0.15, 0.2) is 18.2 Å². The maximum absolute atomic E-state index is 13.4. The van der Waals surface area contributed by atoms with E-state index in [4.69, 9.17) is 0 Å². The van der Waals surface area contributed by atoms with Gasteiger partial charge in [0.25, 0.3) is 0 Å². The summed E-state index contributed by atoms with van der Waals surface area (Å²) in [7, 11) is 0. The van der Waals surface area contributed by atoms with Gasteiger partial charge in [0, 0.05) is 6.04 Å². The Bertz CT molecular complexity index is 334. The second-order valence-electron chi connectivity index (χ2n) is 4.81. The summed E-state index contributed by atoms with van der Waals surface area (Å²) >= 11 is 0. The maximum atomic E-state index is 13.4. The van der Waals surface area contributed by atoms with Gasteiger partial charge in [0.05, 0.1) is 0 Å². The average molecular weight is 223 g/mol. The van der Waals surface area contributed by atoms with E-state index in [1.165, 1.54) is 0 Å². The molecule has 0 amide bonds. The van der Waals surface area contributed by atoms with E-state index in [2.05, 4.69) is 26.1 Å². The van der Waals surface area contributed by atoms with Crippen molar-refractivity contribution in [3.8, 4) is 0 Å². The molecular formula is C14H22FN. The molecule has 1 nitrogen and oxygen atoms in total. The van der Waals surface area contributed by atoms with Crippen LogP contribution < -0.4 is 5.32 Å². The summed E-state index contributed by atoms with van der Waals surface area (Å²) in [6, 6.07) is 6.06. The molecule has 0 fully saturated rings. The van der Waals surface area contributed by atoms with Crippen LogP contribution in [-0.4, -0.2) is 12.6 Å². The Morgan fingerprint density at radius 2 is 1.94 bits per heavy atom. The van der Waals surface area contributed by atoms with Gasteiger partial charge in [-0.15, -0.1) is 0 Å². The van der Waals surface area contributed by atoms with Crippen LogP contribution in [0.4, 0.5) is 4.39 Å². The number of hydrogen-bond donors (Lipinski definition) is 1. The van der Waals surface area contributed by atoms with Crippen LogP contribution >= 0.6 is 0 Å². The molecule has 0 radical (unpaired) electrons. The molecule has 0 spiro atoms. The van der Waals surface area contributed by atoms with Crippen LogP contribution in [0.5, 0.6) is 0 Å². The zero-order chi connectivity index (χ0) is 12.1. The molecule has 0 heterocycles. The predicted molar refractivity (Wildman–Crippen MR) is 67.3 cm³/mol. The maximum Gasteiger partial charge on any atom is 0.126 e. The Morgan fingerprint density at radius 1 is 1.25 bits per heavy atom. The second-order valence-corrected chi connectivity index (χ2v) is 4.81. The quantitative estimate of drug-likeness (QED) is 0.804. The zero-order valence-electron chi connectivity index (χ0n) is 10.7. The Balaban J connectivity index is 2.52. The SMILES string of the molecule is Cc1ccc(C(C)CCNC(C)C)cc1F. The fraction of sp³-hybridized carbons (Fsp3) is 0.571. The van der Waals surface area contributed by atoms with Crippen LogP contribution in [-0.2, 0) is 0 Å². The van der Waals surface area contributed by atoms with E-state index < -0.39 is 0 Å². The summed E-state index contributed by atoms with van der Waals surface area (Å²) in [5.74, 6) is 0.308. The fourth-order valence-corrected chi connectivity index (χ4v) is 1.67. The van der Waals surface area contributed by atoms with Crippen molar-refractivity contribution in [1.82, 2.24) is 5.32 Å². The van der Waals surface area contributed by atoms with Crippen molar-refractivity contribution in [3.63, 3.8) is 0 Å². The number of nitrogens with one attached hydrogen (secondary N) is 1. The van der Waals surface area contributed by atoms with Gasteiger partial charge >= 0.3 is 0 Å².